The van der Waals surface area contributed by atoms with Gasteiger partial charge < -0.3 is 9.30 Å². The number of benzene rings is 1. The summed E-state index contributed by atoms with van der Waals surface area (Å²) in [5.74, 6) is -0.444. The first-order valence-corrected chi connectivity index (χ1v) is 6.65. The van der Waals surface area contributed by atoms with E-state index in [1.807, 2.05) is 0 Å². The highest BCUT2D eigenvalue weighted by Crippen LogP contribution is 2.16. The van der Waals surface area contributed by atoms with Gasteiger partial charge in [0.25, 0.3) is 5.56 Å². The van der Waals surface area contributed by atoms with Gasteiger partial charge in [-0.2, -0.15) is 0 Å². The van der Waals surface area contributed by atoms with E-state index in [2.05, 4.69) is 0 Å². The molecule has 0 saturated carbocycles. The molecule has 0 aliphatic heterocycles. The number of halogens is 1. The Morgan fingerprint density at radius 2 is 2.00 bits per heavy atom. The summed E-state index contributed by atoms with van der Waals surface area (Å²) in [6, 6.07) is 6.88. The number of hydrogen-bond acceptors (Lipinski definition) is 3. The number of hydrogen-bond donors (Lipinski definition) is 0. The van der Waals surface area contributed by atoms with Crippen LogP contribution in [0.15, 0.2) is 35.3 Å². The summed E-state index contributed by atoms with van der Waals surface area (Å²) in [6.07, 6.45) is 1.59. The van der Waals surface area contributed by atoms with Crippen LogP contribution in [-0.2, 0) is 16.1 Å². The van der Waals surface area contributed by atoms with Crippen molar-refractivity contribution in [2.24, 2.45) is 0 Å². The van der Waals surface area contributed by atoms with Gasteiger partial charge in [0.05, 0.1) is 0 Å². The minimum Gasteiger partial charge on any atom is -0.459 e. The third kappa shape index (κ3) is 3.39. The van der Waals surface area contributed by atoms with Crippen LogP contribution in [0.5, 0.6) is 0 Å². The summed E-state index contributed by atoms with van der Waals surface area (Å²) in [5, 5.41) is 1.77. The Hall–Kier alpha value is -1.81. The second kappa shape index (κ2) is 5.29. The number of rotatable bonds is 2. The second-order valence-corrected chi connectivity index (χ2v) is 6.00. The Kier molecular flexibility index (Phi) is 3.86. The van der Waals surface area contributed by atoms with Crippen LogP contribution < -0.4 is 5.56 Å². The molecule has 5 heteroatoms. The first-order valence-electron chi connectivity index (χ1n) is 6.27. The van der Waals surface area contributed by atoms with Gasteiger partial charge in [-0.25, -0.2) is 0 Å². The maximum Gasteiger partial charge on any atom is 0.326 e. The minimum absolute atomic E-state index is 0.113. The molecule has 0 fully saturated rings. The van der Waals surface area contributed by atoms with E-state index in [1.165, 1.54) is 4.57 Å². The third-order valence-corrected chi connectivity index (χ3v) is 2.90. The van der Waals surface area contributed by atoms with Gasteiger partial charge in [0.1, 0.15) is 12.1 Å². The van der Waals surface area contributed by atoms with Gasteiger partial charge in [-0.05, 0) is 44.4 Å². The lowest BCUT2D eigenvalue weighted by atomic mass is 10.2. The molecule has 0 aliphatic carbocycles. The molecule has 0 saturated heterocycles. The van der Waals surface area contributed by atoms with Crippen molar-refractivity contribution < 1.29 is 9.53 Å². The van der Waals surface area contributed by atoms with Crippen molar-refractivity contribution in [2.45, 2.75) is 32.9 Å². The summed E-state index contributed by atoms with van der Waals surface area (Å²) in [4.78, 5) is 24.1. The SMILES string of the molecule is CC(C)(C)OC(=O)Cn1ccc2ccc(Cl)cc2c1=O. The fourth-order valence-corrected chi connectivity index (χ4v) is 2.06. The normalized spacial score (nSPS) is 11.6. The smallest absolute Gasteiger partial charge is 0.326 e. The molecule has 0 N–H and O–H groups in total. The lowest BCUT2D eigenvalue weighted by Crippen LogP contribution is -2.30. The van der Waals surface area contributed by atoms with Gasteiger partial charge in [-0.1, -0.05) is 17.7 Å². The molecule has 1 aromatic carbocycles. The van der Waals surface area contributed by atoms with Crippen LogP contribution in [0.4, 0.5) is 0 Å². The molecule has 2 rings (SSSR count). The summed E-state index contributed by atoms with van der Waals surface area (Å²) in [5.41, 5.74) is -0.822. The van der Waals surface area contributed by atoms with Crippen LogP contribution >= 0.6 is 11.6 Å². The van der Waals surface area contributed by atoms with E-state index >= 15 is 0 Å². The summed E-state index contributed by atoms with van der Waals surface area (Å²) < 4.78 is 6.53. The van der Waals surface area contributed by atoms with Gasteiger partial charge in [-0.3, -0.25) is 9.59 Å². The Morgan fingerprint density at radius 3 is 2.65 bits per heavy atom. The van der Waals surface area contributed by atoms with Crippen LogP contribution in [0.2, 0.25) is 5.02 Å². The van der Waals surface area contributed by atoms with Gasteiger partial charge in [0.15, 0.2) is 0 Å². The molecule has 1 aromatic heterocycles. The number of aromatic nitrogens is 1. The van der Waals surface area contributed by atoms with Crippen LogP contribution in [0.3, 0.4) is 0 Å². The predicted octanol–water partition coefficient (Wildman–Crippen LogP) is 3.00. The Bertz CT molecular complexity index is 713. The minimum atomic E-state index is -0.569. The first-order chi connectivity index (χ1) is 9.26. The van der Waals surface area contributed by atoms with Crippen molar-refractivity contribution in [3.63, 3.8) is 0 Å². The van der Waals surface area contributed by atoms with E-state index in [9.17, 15) is 9.59 Å². The van der Waals surface area contributed by atoms with Crippen molar-refractivity contribution in [1.82, 2.24) is 4.57 Å². The molecule has 0 radical (unpaired) electrons. The molecule has 0 spiro atoms. The zero-order valence-corrected chi connectivity index (χ0v) is 12.4. The number of esters is 1. The Labute approximate surface area is 121 Å². The van der Waals surface area contributed by atoms with Crippen LogP contribution in [0, 0.1) is 0 Å². The number of ether oxygens (including phenoxy) is 1. The maximum absolute atomic E-state index is 12.3. The van der Waals surface area contributed by atoms with E-state index in [0.29, 0.717) is 10.4 Å². The van der Waals surface area contributed by atoms with Crippen molar-refractivity contribution >= 4 is 28.3 Å². The number of carbonyl (C=O) groups excluding carboxylic acids is 1. The summed E-state index contributed by atoms with van der Waals surface area (Å²) in [6.45, 7) is 5.24. The Balaban J connectivity index is 2.34. The van der Waals surface area contributed by atoms with Crippen LogP contribution in [-0.4, -0.2) is 16.1 Å². The fraction of sp³-hybridized carbons (Fsp3) is 0.333. The quantitative estimate of drug-likeness (QED) is 0.800. The van der Waals surface area contributed by atoms with Gasteiger partial charge >= 0.3 is 5.97 Å². The lowest BCUT2D eigenvalue weighted by molar-refractivity contribution is -0.155. The topological polar surface area (TPSA) is 48.3 Å². The molecule has 0 amide bonds. The Morgan fingerprint density at radius 1 is 1.30 bits per heavy atom. The standard InChI is InChI=1S/C15H16ClNO3/c1-15(2,3)20-13(18)9-17-7-6-10-4-5-11(16)8-12(10)14(17)19/h4-8H,9H2,1-3H3. The molecule has 2 aromatic rings. The number of carbonyl (C=O) groups is 1. The zero-order valence-electron chi connectivity index (χ0n) is 11.6. The van der Waals surface area contributed by atoms with Gasteiger partial charge in [0.2, 0.25) is 0 Å². The average molecular weight is 294 g/mol. The number of nitrogens with zero attached hydrogens (tertiary/aromatic N) is 1. The average Bonchev–Trinajstić information content (AvgIpc) is 2.31. The lowest BCUT2D eigenvalue weighted by Gasteiger charge is -2.19. The number of pyridine rings is 1. The largest absolute Gasteiger partial charge is 0.459 e. The maximum atomic E-state index is 12.3. The monoisotopic (exact) mass is 293 g/mol. The molecule has 0 unspecified atom stereocenters. The highest BCUT2D eigenvalue weighted by Gasteiger charge is 2.17. The van der Waals surface area contributed by atoms with Crippen molar-refractivity contribution in [3.05, 3.63) is 45.8 Å². The van der Waals surface area contributed by atoms with Crippen LogP contribution in [0.25, 0.3) is 10.8 Å². The first kappa shape index (κ1) is 14.6. The summed E-state index contributed by atoms with van der Waals surface area (Å²) >= 11 is 5.90. The van der Waals surface area contributed by atoms with E-state index in [-0.39, 0.29) is 12.1 Å². The molecule has 1 heterocycles. The molecule has 4 nitrogen and oxygen atoms in total. The molecular weight excluding hydrogens is 278 g/mol. The molecule has 106 valence electrons. The van der Waals surface area contributed by atoms with Gasteiger partial charge in [0, 0.05) is 16.6 Å². The highest BCUT2D eigenvalue weighted by atomic mass is 35.5. The van der Waals surface area contributed by atoms with E-state index in [1.54, 1.807) is 51.2 Å². The van der Waals surface area contributed by atoms with Crippen molar-refractivity contribution in [3.8, 4) is 0 Å². The predicted molar refractivity (Wildman–Crippen MR) is 79.1 cm³/mol. The van der Waals surface area contributed by atoms with E-state index < -0.39 is 11.6 Å². The second-order valence-electron chi connectivity index (χ2n) is 5.57. The third-order valence-electron chi connectivity index (χ3n) is 2.66. The zero-order chi connectivity index (χ0) is 14.9. The summed E-state index contributed by atoms with van der Waals surface area (Å²) in [7, 11) is 0. The molecule has 0 bridgehead atoms. The van der Waals surface area contributed by atoms with Crippen molar-refractivity contribution in [1.29, 1.82) is 0 Å². The molecular formula is C15H16ClNO3. The van der Waals surface area contributed by atoms with Gasteiger partial charge in [-0.15, -0.1) is 0 Å². The molecule has 20 heavy (non-hydrogen) atoms. The van der Waals surface area contributed by atoms with Crippen molar-refractivity contribution in [2.75, 3.05) is 0 Å². The number of fused-ring (bicyclic) bond motifs is 1. The van der Waals surface area contributed by atoms with Crippen LogP contribution in [0.1, 0.15) is 20.8 Å². The fourth-order valence-electron chi connectivity index (χ4n) is 1.89. The molecule has 0 aliphatic rings. The molecule has 0 atom stereocenters. The van der Waals surface area contributed by atoms with E-state index in [4.69, 9.17) is 16.3 Å². The highest BCUT2D eigenvalue weighted by molar-refractivity contribution is 6.31. The van der Waals surface area contributed by atoms with E-state index in [0.717, 1.165) is 5.39 Å².